The standard InChI is InChI=1S/C19H22N4O2/c1-25-15-5-2-4-14(12-15)13-18(24)22-10-6-17-16(22)7-11-23(17)19-20-8-3-9-21-19/h2-5,8-9,12,16-17H,6-7,10-11,13H2,1H3/t16-,17+/m1/s1. The van der Waals surface area contributed by atoms with Gasteiger partial charge in [0.15, 0.2) is 0 Å². The van der Waals surface area contributed by atoms with E-state index in [0.29, 0.717) is 12.5 Å². The van der Waals surface area contributed by atoms with Gasteiger partial charge in [0.25, 0.3) is 0 Å². The first-order valence-corrected chi connectivity index (χ1v) is 8.72. The van der Waals surface area contributed by atoms with E-state index >= 15 is 0 Å². The van der Waals surface area contributed by atoms with Crippen LogP contribution in [0.2, 0.25) is 0 Å². The molecule has 3 heterocycles. The van der Waals surface area contributed by atoms with Crippen LogP contribution in [0.3, 0.4) is 0 Å². The molecule has 4 rings (SSSR count). The summed E-state index contributed by atoms with van der Waals surface area (Å²) in [7, 11) is 1.64. The maximum Gasteiger partial charge on any atom is 0.227 e. The van der Waals surface area contributed by atoms with Gasteiger partial charge in [-0.1, -0.05) is 12.1 Å². The van der Waals surface area contributed by atoms with Crippen LogP contribution in [0.4, 0.5) is 5.95 Å². The van der Waals surface area contributed by atoms with E-state index in [-0.39, 0.29) is 11.9 Å². The summed E-state index contributed by atoms with van der Waals surface area (Å²) in [5.74, 6) is 1.76. The van der Waals surface area contributed by atoms with Crippen LogP contribution in [0, 0.1) is 0 Å². The molecule has 2 aliphatic rings. The first-order chi connectivity index (χ1) is 12.3. The zero-order valence-electron chi connectivity index (χ0n) is 14.3. The van der Waals surface area contributed by atoms with Crippen molar-refractivity contribution in [3.8, 4) is 5.75 Å². The number of carbonyl (C=O) groups excluding carboxylic acids is 1. The minimum Gasteiger partial charge on any atom is -0.497 e. The Kier molecular flexibility index (Phi) is 4.26. The van der Waals surface area contributed by atoms with Crippen LogP contribution >= 0.6 is 0 Å². The van der Waals surface area contributed by atoms with Crippen LogP contribution in [-0.2, 0) is 11.2 Å². The third-order valence-electron chi connectivity index (χ3n) is 5.20. The van der Waals surface area contributed by atoms with Crippen molar-refractivity contribution in [3.05, 3.63) is 48.3 Å². The molecule has 0 bridgehead atoms. The number of aromatic nitrogens is 2. The van der Waals surface area contributed by atoms with Crippen molar-refractivity contribution < 1.29 is 9.53 Å². The number of fused-ring (bicyclic) bond motifs is 1. The molecule has 1 amide bonds. The number of amides is 1. The quantitative estimate of drug-likeness (QED) is 0.852. The van der Waals surface area contributed by atoms with Crippen molar-refractivity contribution in [2.75, 3.05) is 25.1 Å². The highest BCUT2D eigenvalue weighted by Gasteiger charge is 2.45. The Morgan fingerprint density at radius 2 is 1.96 bits per heavy atom. The van der Waals surface area contributed by atoms with Crippen LogP contribution in [0.1, 0.15) is 18.4 Å². The fraction of sp³-hybridized carbons (Fsp3) is 0.421. The fourth-order valence-electron chi connectivity index (χ4n) is 4.04. The largest absolute Gasteiger partial charge is 0.497 e. The van der Waals surface area contributed by atoms with E-state index in [9.17, 15) is 4.79 Å². The van der Waals surface area contributed by atoms with Gasteiger partial charge >= 0.3 is 0 Å². The molecular weight excluding hydrogens is 316 g/mol. The van der Waals surface area contributed by atoms with Gasteiger partial charge in [-0.05, 0) is 36.6 Å². The van der Waals surface area contributed by atoms with E-state index in [1.165, 1.54) is 0 Å². The maximum atomic E-state index is 12.8. The molecule has 2 aliphatic heterocycles. The summed E-state index contributed by atoms with van der Waals surface area (Å²) in [6.45, 7) is 1.71. The third kappa shape index (κ3) is 3.04. The number of ether oxygens (including phenoxy) is 1. The second-order valence-electron chi connectivity index (χ2n) is 6.57. The molecule has 0 unspecified atom stereocenters. The first kappa shape index (κ1) is 15.9. The molecule has 6 nitrogen and oxygen atoms in total. The normalized spacial score (nSPS) is 22.1. The Hall–Kier alpha value is -2.63. The lowest BCUT2D eigenvalue weighted by Crippen LogP contribution is -2.40. The molecule has 0 aliphatic carbocycles. The van der Waals surface area contributed by atoms with Gasteiger partial charge in [0.2, 0.25) is 11.9 Å². The topological polar surface area (TPSA) is 58.6 Å². The molecule has 2 atom stereocenters. The highest BCUT2D eigenvalue weighted by Crippen LogP contribution is 2.33. The molecule has 25 heavy (non-hydrogen) atoms. The minimum atomic E-state index is 0.191. The average molecular weight is 338 g/mol. The zero-order chi connectivity index (χ0) is 17.2. The van der Waals surface area contributed by atoms with Crippen LogP contribution in [-0.4, -0.2) is 53.1 Å². The predicted molar refractivity (Wildman–Crippen MR) is 94.6 cm³/mol. The number of hydrogen-bond donors (Lipinski definition) is 0. The number of rotatable bonds is 4. The number of likely N-dealkylation sites (tertiary alicyclic amines) is 1. The van der Waals surface area contributed by atoms with Crippen molar-refractivity contribution in [1.29, 1.82) is 0 Å². The molecular formula is C19H22N4O2. The Labute approximate surface area is 147 Å². The van der Waals surface area contributed by atoms with Crippen molar-refractivity contribution in [1.82, 2.24) is 14.9 Å². The van der Waals surface area contributed by atoms with E-state index in [1.807, 2.05) is 35.2 Å². The molecule has 0 spiro atoms. The molecule has 1 aromatic carbocycles. The molecule has 2 fully saturated rings. The lowest BCUT2D eigenvalue weighted by atomic mass is 10.1. The number of anilines is 1. The average Bonchev–Trinajstić information content (AvgIpc) is 3.24. The van der Waals surface area contributed by atoms with Gasteiger partial charge in [-0.2, -0.15) is 0 Å². The first-order valence-electron chi connectivity index (χ1n) is 8.72. The summed E-state index contributed by atoms with van der Waals surface area (Å²) >= 11 is 0. The van der Waals surface area contributed by atoms with Crippen LogP contribution in [0.15, 0.2) is 42.7 Å². The van der Waals surface area contributed by atoms with E-state index < -0.39 is 0 Å². The number of benzene rings is 1. The Bertz CT molecular complexity index is 752. The van der Waals surface area contributed by atoms with Crippen molar-refractivity contribution in [2.45, 2.75) is 31.3 Å². The number of methoxy groups -OCH3 is 1. The van der Waals surface area contributed by atoms with Crippen molar-refractivity contribution >= 4 is 11.9 Å². The van der Waals surface area contributed by atoms with Gasteiger partial charge in [0.1, 0.15) is 5.75 Å². The maximum absolute atomic E-state index is 12.8. The van der Waals surface area contributed by atoms with Crippen molar-refractivity contribution in [3.63, 3.8) is 0 Å². The second-order valence-corrected chi connectivity index (χ2v) is 6.57. The van der Waals surface area contributed by atoms with Gasteiger partial charge in [0, 0.05) is 25.5 Å². The van der Waals surface area contributed by atoms with E-state index in [1.54, 1.807) is 19.5 Å². The van der Waals surface area contributed by atoms with Crippen LogP contribution in [0.25, 0.3) is 0 Å². The number of nitrogens with zero attached hydrogens (tertiary/aromatic N) is 4. The monoisotopic (exact) mass is 338 g/mol. The molecule has 0 N–H and O–H groups in total. The van der Waals surface area contributed by atoms with Gasteiger partial charge in [-0.25, -0.2) is 9.97 Å². The van der Waals surface area contributed by atoms with Gasteiger partial charge in [0.05, 0.1) is 25.6 Å². The third-order valence-corrected chi connectivity index (χ3v) is 5.20. The summed E-state index contributed by atoms with van der Waals surface area (Å²) in [6.07, 6.45) is 5.93. The van der Waals surface area contributed by atoms with E-state index in [2.05, 4.69) is 14.9 Å². The summed E-state index contributed by atoms with van der Waals surface area (Å²) in [5.41, 5.74) is 0.994. The van der Waals surface area contributed by atoms with Crippen LogP contribution in [0.5, 0.6) is 5.75 Å². The second kappa shape index (κ2) is 6.70. The Morgan fingerprint density at radius 3 is 2.76 bits per heavy atom. The molecule has 2 saturated heterocycles. The molecule has 6 heteroatoms. The van der Waals surface area contributed by atoms with Gasteiger partial charge in [-0.15, -0.1) is 0 Å². The number of carbonyl (C=O) groups is 1. The minimum absolute atomic E-state index is 0.191. The molecule has 0 radical (unpaired) electrons. The highest BCUT2D eigenvalue weighted by molar-refractivity contribution is 5.80. The Morgan fingerprint density at radius 1 is 1.16 bits per heavy atom. The Balaban J connectivity index is 1.45. The molecule has 0 saturated carbocycles. The molecule has 2 aromatic rings. The lowest BCUT2D eigenvalue weighted by molar-refractivity contribution is -0.131. The SMILES string of the molecule is COc1cccc(CC(=O)N2CC[C@H]3[C@H]2CCN3c2ncccn2)c1. The number of hydrogen-bond acceptors (Lipinski definition) is 5. The summed E-state index contributed by atoms with van der Waals surface area (Å²) in [4.78, 5) is 25.9. The highest BCUT2D eigenvalue weighted by atomic mass is 16.5. The fourth-order valence-corrected chi connectivity index (χ4v) is 4.04. The summed E-state index contributed by atoms with van der Waals surface area (Å²) in [5, 5.41) is 0. The summed E-state index contributed by atoms with van der Waals surface area (Å²) < 4.78 is 5.25. The smallest absolute Gasteiger partial charge is 0.227 e. The zero-order valence-corrected chi connectivity index (χ0v) is 14.3. The van der Waals surface area contributed by atoms with E-state index in [4.69, 9.17) is 4.74 Å². The van der Waals surface area contributed by atoms with Crippen LogP contribution < -0.4 is 9.64 Å². The lowest BCUT2D eigenvalue weighted by Gasteiger charge is -2.25. The predicted octanol–water partition coefficient (Wildman–Crippen LogP) is 1.91. The molecule has 130 valence electrons. The van der Waals surface area contributed by atoms with Gasteiger partial charge in [-0.3, -0.25) is 4.79 Å². The molecule has 1 aromatic heterocycles. The van der Waals surface area contributed by atoms with Crippen molar-refractivity contribution in [2.24, 2.45) is 0 Å². The van der Waals surface area contributed by atoms with Gasteiger partial charge < -0.3 is 14.5 Å². The summed E-state index contributed by atoms with van der Waals surface area (Å²) in [6, 6.07) is 10.2. The van der Waals surface area contributed by atoms with E-state index in [0.717, 1.165) is 43.2 Å².